The topological polar surface area (TPSA) is 66.8 Å². The summed E-state index contributed by atoms with van der Waals surface area (Å²) in [5.41, 5.74) is 0.409. The molecule has 1 atom stereocenters. The molecule has 0 aromatic heterocycles. The third kappa shape index (κ3) is 2.87. The molecule has 2 fully saturated rings. The number of hydrogen-bond donors (Lipinski definition) is 1. The van der Waals surface area contributed by atoms with E-state index in [0.29, 0.717) is 13.0 Å². The van der Waals surface area contributed by atoms with Gasteiger partial charge in [-0.2, -0.15) is 0 Å². The number of hydrogen-bond acceptors (Lipinski definition) is 3. The van der Waals surface area contributed by atoms with Crippen molar-refractivity contribution in [2.75, 3.05) is 13.7 Å². The van der Waals surface area contributed by atoms with Gasteiger partial charge in [-0.15, -0.1) is 0 Å². The first-order valence-electron chi connectivity index (χ1n) is 8.77. The van der Waals surface area contributed by atoms with Crippen LogP contribution in [-0.2, 0) is 15.0 Å². The molecular formula is C19H25NO4. The second-order valence-corrected chi connectivity index (χ2v) is 6.87. The van der Waals surface area contributed by atoms with E-state index in [2.05, 4.69) is 0 Å². The molecule has 1 aliphatic heterocycles. The lowest BCUT2D eigenvalue weighted by atomic mass is 9.68. The molecule has 2 aliphatic rings. The summed E-state index contributed by atoms with van der Waals surface area (Å²) in [5.74, 6) is -0.124. The maximum Gasteiger partial charge on any atom is 0.326 e. The minimum absolute atomic E-state index is 0.00253. The number of methoxy groups -OCH3 is 1. The Balaban J connectivity index is 1.95. The molecule has 0 unspecified atom stereocenters. The summed E-state index contributed by atoms with van der Waals surface area (Å²) < 4.78 is 5.23. The Morgan fingerprint density at radius 2 is 1.79 bits per heavy atom. The highest BCUT2D eigenvalue weighted by molar-refractivity contribution is 5.92. The van der Waals surface area contributed by atoms with Crippen molar-refractivity contribution in [3.8, 4) is 5.75 Å². The fourth-order valence-corrected chi connectivity index (χ4v) is 4.23. The van der Waals surface area contributed by atoms with Gasteiger partial charge >= 0.3 is 5.97 Å². The van der Waals surface area contributed by atoms with Crippen molar-refractivity contribution in [3.05, 3.63) is 29.8 Å². The maximum absolute atomic E-state index is 13.4. The molecule has 1 saturated heterocycles. The summed E-state index contributed by atoms with van der Waals surface area (Å²) in [6.07, 6.45) is 6.05. The molecule has 1 heterocycles. The Bertz CT molecular complexity index is 604. The van der Waals surface area contributed by atoms with E-state index in [1.165, 1.54) is 0 Å². The van der Waals surface area contributed by atoms with Gasteiger partial charge in [0, 0.05) is 6.54 Å². The van der Waals surface area contributed by atoms with Crippen molar-refractivity contribution < 1.29 is 19.4 Å². The Morgan fingerprint density at radius 1 is 1.12 bits per heavy atom. The van der Waals surface area contributed by atoms with E-state index < -0.39 is 17.4 Å². The van der Waals surface area contributed by atoms with E-state index in [1.54, 1.807) is 12.0 Å². The fourth-order valence-electron chi connectivity index (χ4n) is 4.23. The van der Waals surface area contributed by atoms with Gasteiger partial charge in [0.25, 0.3) is 0 Å². The lowest BCUT2D eigenvalue weighted by molar-refractivity contribution is -0.151. The molecule has 24 heavy (non-hydrogen) atoms. The summed E-state index contributed by atoms with van der Waals surface area (Å²) in [4.78, 5) is 26.5. The number of carboxylic acid groups (broad SMARTS) is 1. The number of aliphatic carboxylic acids is 1. The third-order valence-corrected chi connectivity index (χ3v) is 5.56. The molecule has 3 rings (SSSR count). The van der Waals surface area contributed by atoms with Crippen LogP contribution in [-0.4, -0.2) is 41.6 Å². The third-order valence-electron chi connectivity index (χ3n) is 5.56. The van der Waals surface area contributed by atoms with Crippen molar-refractivity contribution in [2.24, 2.45) is 0 Å². The van der Waals surface area contributed by atoms with E-state index >= 15 is 0 Å². The molecule has 0 radical (unpaired) electrons. The van der Waals surface area contributed by atoms with Crippen LogP contribution >= 0.6 is 0 Å². The molecule has 0 bridgehead atoms. The van der Waals surface area contributed by atoms with Crippen molar-refractivity contribution in [2.45, 2.75) is 56.4 Å². The Labute approximate surface area is 142 Å². The van der Waals surface area contributed by atoms with Crippen LogP contribution in [0.3, 0.4) is 0 Å². The Morgan fingerprint density at radius 3 is 2.38 bits per heavy atom. The van der Waals surface area contributed by atoms with Crippen LogP contribution in [0, 0.1) is 0 Å². The highest BCUT2D eigenvalue weighted by atomic mass is 16.5. The van der Waals surface area contributed by atoms with Gasteiger partial charge in [-0.1, -0.05) is 31.4 Å². The van der Waals surface area contributed by atoms with Gasteiger partial charge in [0.05, 0.1) is 12.5 Å². The van der Waals surface area contributed by atoms with Crippen LogP contribution in [0.15, 0.2) is 24.3 Å². The first kappa shape index (κ1) is 16.8. The molecular weight excluding hydrogens is 306 g/mol. The van der Waals surface area contributed by atoms with Gasteiger partial charge in [-0.05, 0) is 43.4 Å². The highest BCUT2D eigenvalue weighted by Crippen LogP contribution is 2.42. The van der Waals surface area contributed by atoms with E-state index in [-0.39, 0.29) is 5.91 Å². The Hall–Kier alpha value is -2.04. The quantitative estimate of drug-likeness (QED) is 0.921. The molecule has 0 spiro atoms. The lowest BCUT2D eigenvalue weighted by Gasteiger charge is -2.40. The number of nitrogens with zero attached hydrogens (tertiary/aromatic N) is 1. The summed E-state index contributed by atoms with van der Waals surface area (Å²) in [6, 6.07) is 7.03. The van der Waals surface area contributed by atoms with Crippen LogP contribution in [0.1, 0.15) is 50.5 Å². The van der Waals surface area contributed by atoms with Crippen molar-refractivity contribution in [3.63, 3.8) is 0 Å². The van der Waals surface area contributed by atoms with Gasteiger partial charge < -0.3 is 14.7 Å². The predicted molar refractivity (Wildman–Crippen MR) is 90.1 cm³/mol. The van der Waals surface area contributed by atoms with Gasteiger partial charge in [0.2, 0.25) is 5.91 Å². The van der Waals surface area contributed by atoms with Gasteiger partial charge in [0.1, 0.15) is 11.8 Å². The molecule has 1 amide bonds. The van der Waals surface area contributed by atoms with Crippen molar-refractivity contribution >= 4 is 11.9 Å². The highest BCUT2D eigenvalue weighted by Gasteiger charge is 2.47. The second-order valence-electron chi connectivity index (χ2n) is 6.87. The zero-order valence-corrected chi connectivity index (χ0v) is 14.2. The van der Waals surface area contributed by atoms with E-state index in [4.69, 9.17) is 4.74 Å². The normalized spacial score (nSPS) is 23.0. The molecule has 1 aromatic carbocycles. The first-order chi connectivity index (χ1) is 11.6. The molecule has 130 valence electrons. The van der Waals surface area contributed by atoms with Crippen molar-refractivity contribution in [1.82, 2.24) is 4.90 Å². The molecule has 1 N–H and O–H groups in total. The van der Waals surface area contributed by atoms with Crippen LogP contribution in [0.4, 0.5) is 0 Å². The second kappa shape index (κ2) is 6.83. The average Bonchev–Trinajstić information content (AvgIpc) is 3.11. The minimum Gasteiger partial charge on any atom is -0.497 e. The molecule has 1 aromatic rings. The standard InChI is InChI=1S/C19H25NO4/c1-24-15-9-7-14(8-10-15)19(11-3-2-4-12-19)18(23)20-13-5-6-16(20)17(21)22/h7-10,16H,2-6,11-13H2,1H3,(H,21,22)/t16-/m0/s1. The number of carbonyl (C=O) groups is 2. The van der Waals surface area contributed by atoms with Crippen LogP contribution in [0.25, 0.3) is 0 Å². The minimum atomic E-state index is -0.887. The summed E-state index contributed by atoms with van der Waals surface area (Å²) in [6.45, 7) is 0.549. The maximum atomic E-state index is 13.4. The zero-order valence-electron chi connectivity index (χ0n) is 14.2. The largest absolute Gasteiger partial charge is 0.497 e. The van der Waals surface area contributed by atoms with Gasteiger partial charge in [-0.25, -0.2) is 4.79 Å². The first-order valence-corrected chi connectivity index (χ1v) is 8.77. The zero-order chi connectivity index (χ0) is 17.2. The van der Waals surface area contributed by atoms with Crippen LogP contribution in [0.2, 0.25) is 0 Å². The number of ether oxygens (including phenoxy) is 1. The predicted octanol–water partition coefficient (Wildman–Crippen LogP) is 2.97. The molecule has 5 heteroatoms. The number of amides is 1. The van der Waals surface area contributed by atoms with Crippen molar-refractivity contribution in [1.29, 1.82) is 0 Å². The summed E-state index contributed by atoms with van der Waals surface area (Å²) in [7, 11) is 1.62. The smallest absolute Gasteiger partial charge is 0.326 e. The summed E-state index contributed by atoms with van der Waals surface area (Å²) in [5, 5.41) is 9.44. The van der Waals surface area contributed by atoms with Crippen LogP contribution < -0.4 is 4.74 Å². The number of benzene rings is 1. The van der Waals surface area contributed by atoms with E-state index in [1.807, 2.05) is 24.3 Å². The van der Waals surface area contributed by atoms with Gasteiger partial charge in [0.15, 0.2) is 0 Å². The Kier molecular flexibility index (Phi) is 4.78. The fraction of sp³-hybridized carbons (Fsp3) is 0.579. The number of carboxylic acids is 1. The lowest BCUT2D eigenvalue weighted by Crippen LogP contribution is -2.51. The average molecular weight is 331 g/mol. The number of rotatable bonds is 4. The summed E-state index contributed by atoms with van der Waals surface area (Å²) >= 11 is 0. The number of carbonyl (C=O) groups excluding carboxylic acids is 1. The monoisotopic (exact) mass is 331 g/mol. The molecule has 5 nitrogen and oxygen atoms in total. The van der Waals surface area contributed by atoms with Crippen LogP contribution in [0.5, 0.6) is 5.75 Å². The SMILES string of the molecule is COc1ccc(C2(C(=O)N3CCC[C@H]3C(=O)O)CCCCC2)cc1. The van der Waals surface area contributed by atoms with E-state index in [0.717, 1.165) is 49.8 Å². The van der Waals surface area contributed by atoms with E-state index in [9.17, 15) is 14.7 Å². The number of likely N-dealkylation sites (tertiary alicyclic amines) is 1. The molecule has 1 saturated carbocycles. The molecule has 1 aliphatic carbocycles. The van der Waals surface area contributed by atoms with Gasteiger partial charge in [-0.3, -0.25) is 4.79 Å².